The van der Waals surface area contributed by atoms with Gasteiger partial charge in [-0.2, -0.15) is 0 Å². The van der Waals surface area contributed by atoms with Crippen molar-refractivity contribution < 1.29 is 28.7 Å². The molecule has 4 rings (SSSR count). The number of carbonyl (C=O) groups is 4. The average Bonchev–Trinajstić information content (AvgIpc) is 3.12. The molecule has 0 N–H and O–H groups in total. The summed E-state index contributed by atoms with van der Waals surface area (Å²) in [6.07, 6.45) is 5.30. The molecule has 8 nitrogen and oxygen atoms in total. The van der Waals surface area contributed by atoms with Gasteiger partial charge in [-0.25, -0.2) is 4.79 Å². The molecular formula is C26H28N2O6. The Balaban J connectivity index is 1.44. The van der Waals surface area contributed by atoms with Gasteiger partial charge >= 0.3 is 5.97 Å². The molecule has 1 aliphatic carbocycles. The van der Waals surface area contributed by atoms with E-state index in [1.807, 2.05) is 0 Å². The molecule has 1 fully saturated rings. The SMILES string of the molecule is COc1ccc(CN2C(=O)c3ccccc3C2=O)cc1C(=O)OCC(=O)N(C)C1CCCCC1. The lowest BCUT2D eigenvalue weighted by Gasteiger charge is -2.31. The zero-order chi connectivity index (χ0) is 24.2. The van der Waals surface area contributed by atoms with Crippen LogP contribution in [0.25, 0.3) is 0 Å². The normalized spacial score (nSPS) is 15.8. The highest BCUT2D eigenvalue weighted by atomic mass is 16.5. The fourth-order valence-corrected chi connectivity index (χ4v) is 4.56. The van der Waals surface area contributed by atoms with Crippen molar-refractivity contribution in [2.45, 2.75) is 44.7 Å². The van der Waals surface area contributed by atoms with Gasteiger partial charge in [0.25, 0.3) is 17.7 Å². The van der Waals surface area contributed by atoms with Crippen LogP contribution in [0, 0.1) is 0 Å². The van der Waals surface area contributed by atoms with Crippen molar-refractivity contribution >= 4 is 23.7 Å². The highest BCUT2D eigenvalue weighted by Crippen LogP contribution is 2.27. The first-order valence-electron chi connectivity index (χ1n) is 11.5. The van der Waals surface area contributed by atoms with Crippen molar-refractivity contribution in [3.8, 4) is 5.75 Å². The lowest BCUT2D eigenvalue weighted by molar-refractivity contribution is -0.135. The smallest absolute Gasteiger partial charge is 0.342 e. The number of methoxy groups -OCH3 is 1. The number of amides is 3. The molecule has 3 amide bonds. The van der Waals surface area contributed by atoms with Gasteiger partial charge in [-0.1, -0.05) is 37.5 Å². The number of fused-ring (bicyclic) bond motifs is 1. The molecule has 0 spiro atoms. The second-order valence-corrected chi connectivity index (χ2v) is 8.65. The van der Waals surface area contributed by atoms with E-state index in [9.17, 15) is 19.2 Å². The molecule has 1 aliphatic heterocycles. The van der Waals surface area contributed by atoms with Crippen molar-refractivity contribution in [2.24, 2.45) is 0 Å². The second-order valence-electron chi connectivity index (χ2n) is 8.65. The lowest BCUT2D eigenvalue weighted by atomic mass is 9.94. The second kappa shape index (κ2) is 10.1. The zero-order valence-corrected chi connectivity index (χ0v) is 19.4. The Morgan fingerprint density at radius 1 is 1.00 bits per heavy atom. The Hall–Kier alpha value is -3.68. The number of hydrogen-bond donors (Lipinski definition) is 0. The van der Waals surface area contributed by atoms with Crippen LogP contribution in [0.5, 0.6) is 5.75 Å². The number of rotatable bonds is 7. The van der Waals surface area contributed by atoms with E-state index in [1.165, 1.54) is 19.6 Å². The van der Waals surface area contributed by atoms with Gasteiger partial charge in [-0.3, -0.25) is 19.3 Å². The summed E-state index contributed by atoms with van der Waals surface area (Å²) in [6.45, 7) is -0.364. The van der Waals surface area contributed by atoms with E-state index in [4.69, 9.17) is 9.47 Å². The maximum atomic E-state index is 12.8. The molecule has 0 saturated heterocycles. The molecule has 0 bridgehead atoms. The zero-order valence-electron chi connectivity index (χ0n) is 19.4. The van der Waals surface area contributed by atoms with Crippen LogP contribution in [0.3, 0.4) is 0 Å². The third-order valence-corrected chi connectivity index (χ3v) is 6.55. The average molecular weight is 465 g/mol. The number of benzene rings is 2. The van der Waals surface area contributed by atoms with E-state index in [1.54, 1.807) is 48.3 Å². The Morgan fingerprint density at radius 3 is 2.26 bits per heavy atom. The monoisotopic (exact) mass is 464 g/mol. The molecular weight excluding hydrogens is 436 g/mol. The fourth-order valence-electron chi connectivity index (χ4n) is 4.56. The first-order chi connectivity index (χ1) is 16.4. The quantitative estimate of drug-likeness (QED) is 0.460. The van der Waals surface area contributed by atoms with Crippen LogP contribution in [0.2, 0.25) is 0 Å². The third-order valence-electron chi connectivity index (χ3n) is 6.55. The molecule has 34 heavy (non-hydrogen) atoms. The minimum atomic E-state index is -0.702. The number of imide groups is 1. The van der Waals surface area contributed by atoms with Gasteiger partial charge in [0.05, 0.1) is 24.8 Å². The standard InChI is InChI=1S/C26H28N2O6/c1-27(18-8-4-3-5-9-18)23(29)16-34-26(32)21-14-17(12-13-22(21)33-2)15-28-24(30)19-10-6-7-11-20(19)25(28)31/h6-7,10-14,18H,3-5,8-9,15-16H2,1-2H3. The maximum absolute atomic E-state index is 12.8. The van der Waals surface area contributed by atoms with Gasteiger partial charge in [-0.05, 0) is 42.7 Å². The Kier molecular flexibility index (Phi) is 6.95. The first-order valence-corrected chi connectivity index (χ1v) is 11.5. The van der Waals surface area contributed by atoms with Crippen molar-refractivity contribution in [2.75, 3.05) is 20.8 Å². The van der Waals surface area contributed by atoms with Gasteiger partial charge < -0.3 is 14.4 Å². The Bertz CT molecular complexity index is 1090. The van der Waals surface area contributed by atoms with Crippen LogP contribution in [-0.4, -0.2) is 60.3 Å². The van der Waals surface area contributed by atoms with Gasteiger partial charge in [0.15, 0.2) is 6.61 Å². The molecule has 2 aromatic rings. The van der Waals surface area contributed by atoms with Crippen LogP contribution in [0.15, 0.2) is 42.5 Å². The number of nitrogens with zero attached hydrogens (tertiary/aromatic N) is 2. The lowest BCUT2D eigenvalue weighted by Crippen LogP contribution is -2.40. The van der Waals surface area contributed by atoms with Gasteiger partial charge in [0, 0.05) is 13.1 Å². The van der Waals surface area contributed by atoms with Gasteiger partial charge in [0.2, 0.25) is 0 Å². The highest BCUT2D eigenvalue weighted by Gasteiger charge is 2.35. The van der Waals surface area contributed by atoms with E-state index in [-0.39, 0.29) is 48.2 Å². The molecule has 178 valence electrons. The van der Waals surface area contributed by atoms with E-state index in [0.29, 0.717) is 16.7 Å². The minimum absolute atomic E-state index is 0.0000305. The summed E-state index contributed by atoms with van der Waals surface area (Å²) in [6, 6.07) is 11.6. The van der Waals surface area contributed by atoms with Gasteiger partial charge in [-0.15, -0.1) is 0 Å². The summed E-state index contributed by atoms with van der Waals surface area (Å²) >= 11 is 0. The van der Waals surface area contributed by atoms with Crippen molar-refractivity contribution in [1.29, 1.82) is 0 Å². The number of hydrogen-bond acceptors (Lipinski definition) is 6. The number of ether oxygens (including phenoxy) is 2. The summed E-state index contributed by atoms with van der Waals surface area (Å²) in [5.41, 5.74) is 1.42. The Labute approximate surface area is 198 Å². The summed E-state index contributed by atoms with van der Waals surface area (Å²) in [4.78, 5) is 53.5. The minimum Gasteiger partial charge on any atom is -0.496 e. The molecule has 0 radical (unpaired) electrons. The van der Waals surface area contributed by atoms with E-state index < -0.39 is 5.97 Å². The summed E-state index contributed by atoms with van der Waals surface area (Å²) in [5, 5.41) is 0. The highest BCUT2D eigenvalue weighted by molar-refractivity contribution is 6.21. The Morgan fingerprint density at radius 2 is 1.65 bits per heavy atom. The summed E-state index contributed by atoms with van der Waals surface area (Å²) in [7, 11) is 3.17. The number of esters is 1. The van der Waals surface area contributed by atoms with Crippen LogP contribution in [-0.2, 0) is 16.1 Å². The predicted molar refractivity (Wildman–Crippen MR) is 124 cm³/mol. The molecule has 1 saturated carbocycles. The molecule has 2 aliphatic rings. The fraction of sp³-hybridized carbons (Fsp3) is 0.385. The van der Waals surface area contributed by atoms with Crippen molar-refractivity contribution in [3.05, 3.63) is 64.7 Å². The van der Waals surface area contributed by atoms with Gasteiger partial charge in [0.1, 0.15) is 11.3 Å². The summed E-state index contributed by atoms with van der Waals surface area (Å²) < 4.78 is 10.6. The van der Waals surface area contributed by atoms with Crippen molar-refractivity contribution in [1.82, 2.24) is 9.80 Å². The maximum Gasteiger partial charge on any atom is 0.342 e. The van der Waals surface area contributed by atoms with E-state index in [2.05, 4.69) is 0 Å². The molecule has 2 aromatic carbocycles. The van der Waals surface area contributed by atoms with E-state index in [0.717, 1.165) is 30.6 Å². The predicted octanol–water partition coefficient (Wildman–Crippen LogP) is 3.44. The van der Waals surface area contributed by atoms with Crippen LogP contribution < -0.4 is 4.74 Å². The first kappa shape index (κ1) is 23.5. The van der Waals surface area contributed by atoms with E-state index >= 15 is 0 Å². The third kappa shape index (κ3) is 4.66. The molecule has 8 heteroatoms. The largest absolute Gasteiger partial charge is 0.496 e. The molecule has 1 heterocycles. The topological polar surface area (TPSA) is 93.2 Å². The molecule has 0 unspecified atom stereocenters. The van der Waals surface area contributed by atoms with Crippen molar-refractivity contribution in [3.63, 3.8) is 0 Å². The van der Waals surface area contributed by atoms with Crippen LogP contribution in [0.4, 0.5) is 0 Å². The van der Waals surface area contributed by atoms with Crippen LogP contribution >= 0.6 is 0 Å². The molecule has 0 atom stereocenters. The molecule has 0 aromatic heterocycles. The number of carbonyl (C=O) groups excluding carboxylic acids is 4. The summed E-state index contributed by atoms with van der Waals surface area (Å²) in [5.74, 6) is -1.43. The van der Waals surface area contributed by atoms with Crippen LogP contribution in [0.1, 0.15) is 68.7 Å². The number of likely N-dealkylation sites (N-methyl/N-ethyl adjacent to an activating group) is 1.